The molecule has 128 valence electrons. The number of aromatic nitrogens is 2. The van der Waals surface area contributed by atoms with E-state index in [4.69, 9.17) is 16.6 Å². The number of nitrogens with zero attached hydrogens (tertiary/aromatic N) is 3. The van der Waals surface area contributed by atoms with Crippen molar-refractivity contribution in [3.8, 4) is 11.3 Å². The first-order valence-electron chi connectivity index (χ1n) is 8.14. The molecule has 0 fully saturated rings. The van der Waals surface area contributed by atoms with Crippen LogP contribution in [0.1, 0.15) is 17.5 Å². The summed E-state index contributed by atoms with van der Waals surface area (Å²) in [6, 6.07) is 11.4. The number of rotatable bonds is 2. The maximum atomic E-state index is 12.3. The van der Waals surface area contributed by atoms with Gasteiger partial charge in [0.25, 0.3) is 0 Å². The molecule has 5 nitrogen and oxygen atoms in total. The third kappa shape index (κ3) is 3.21. The maximum Gasteiger partial charge on any atom is 0.230 e. The minimum Gasteiger partial charge on any atom is -0.324 e. The van der Waals surface area contributed by atoms with E-state index in [0.717, 1.165) is 22.4 Å². The first-order valence-corrected chi connectivity index (χ1v) is 8.52. The summed E-state index contributed by atoms with van der Waals surface area (Å²) in [5.74, 6) is -0.118. The fourth-order valence-corrected chi connectivity index (χ4v) is 3.03. The summed E-state index contributed by atoms with van der Waals surface area (Å²) in [7, 11) is 0. The number of hydrogen-bond acceptors (Lipinski definition) is 4. The van der Waals surface area contributed by atoms with Crippen LogP contribution in [-0.4, -0.2) is 21.6 Å². The van der Waals surface area contributed by atoms with Gasteiger partial charge in [0, 0.05) is 23.0 Å². The molecule has 2 heterocycles. The highest BCUT2D eigenvalue weighted by Gasteiger charge is 2.18. The van der Waals surface area contributed by atoms with Gasteiger partial charge in [-0.25, -0.2) is 0 Å². The molecule has 1 aromatic heterocycles. The van der Waals surface area contributed by atoms with E-state index in [-0.39, 0.29) is 12.3 Å². The minimum atomic E-state index is -0.118. The Morgan fingerprint density at radius 3 is 2.77 bits per heavy atom. The van der Waals surface area contributed by atoms with Gasteiger partial charge in [-0.3, -0.25) is 19.8 Å². The molecule has 0 atom stereocenters. The molecule has 0 unspecified atom stereocenters. The first-order chi connectivity index (χ1) is 12.6. The van der Waals surface area contributed by atoms with Crippen LogP contribution in [0.15, 0.2) is 60.0 Å². The van der Waals surface area contributed by atoms with Crippen LogP contribution in [0.4, 0.5) is 11.4 Å². The van der Waals surface area contributed by atoms with Gasteiger partial charge in [-0.05, 0) is 36.2 Å². The van der Waals surface area contributed by atoms with Gasteiger partial charge in [-0.1, -0.05) is 29.8 Å². The van der Waals surface area contributed by atoms with Crippen LogP contribution in [0.5, 0.6) is 0 Å². The van der Waals surface area contributed by atoms with E-state index >= 15 is 0 Å². The summed E-state index contributed by atoms with van der Waals surface area (Å²) in [6.07, 6.45) is 5.19. The predicted molar refractivity (Wildman–Crippen MR) is 103 cm³/mol. The van der Waals surface area contributed by atoms with E-state index in [9.17, 15) is 4.79 Å². The average Bonchev–Trinajstić information content (AvgIpc) is 2.81. The molecule has 3 aromatic rings. The highest BCUT2D eigenvalue weighted by Crippen LogP contribution is 2.34. The van der Waals surface area contributed by atoms with Crippen molar-refractivity contribution in [3.63, 3.8) is 0 Å². The van der Waals surface area contributed by atoms with Gasteiger partial charge < -0.3 is 5.32 Å². The van der Waals surface area contributed by atoms with Crippen molar-refractivity contribution in [1.82, 2.24) is 9.97 Å². The van der Waals surface area contributed by atoms with Gasteiger partial charge in [-0.15, -0.1) is 0 Å². The van der Waals surface area contributed by atoms with Crippen LogP contribution in [0.2, 0.25) is 5.02 Å². The van der Waals surface area contributed by atoms with E-state index in [1.165, 1.54) is 0 Å². The molecule has 0 saturated heterocycles. The summed E-state index contributed by atoms with van der Waals surface area (Å²) in [5.41, 5.74) is 5.53. The highest BCUT2D eigenvalue weighted by molar-refractivity contribution is 6.32. The van der Waals surface area contributed by atoms with Crippen molar-refractivity contribution in [2.24, 2.45) is 4.99 Å². The minimum absolute atomic E-state index is 0.118. The SMILES string of the molecule is Cc1cc2c(cc1Cl)NC(=O)CC(c1cccc(-c3cnccn3)c1)=N2. The van der Waals surface area contributed by atoms with Crippen molar-refractivity contribution >= 4 is 34.6 Å². The van der Waals surface area contributed by atoms with Gasteiger partial charge in [0.1, 0.15) is 0 Å². The number of aryl methyl sites for hydroxylation is 1. The number of halogens is 1. The second kappa shape index (κ2) is 6.69. The summed E-state index contributed by atoms with van der Waals surface area (Å²) < 4.78 is 0. The summed E-state index contributed by atoms with van der Waals surface area (Å²) >= 11 is 6.18. The van der Waals surface area contributed by atoms with Crippen LogP contribution in [-0.2, 0) is 4.79 Å². The van der Waals surface area contributed by atoms with Crippen LogP contribution in [0.3, 0.4) is 0 Å². The highest BCUT2D eigenvalue weighted by atomic mass is 35.5. The second-order valence-electron chi connectivity index (χ2n) is 6.07. The molecule has 0 aliphatic carbocycles. The molecule has 1 amide bonds. The Morgan fingerprint density at radius 2 is 1.96 bits per heavy atom. The van der Waals surface area contributed by atoms with E-state index < -0.39 is 0 Å². The van der Waals surface area contributed by atoms with Gasteiger partial charge in [-0.2, -0.15) is 0 Å². The van der Waals surface area contributed by atoms with E-state index in [0.29, 0.717) is 22.1 Å². The molecule has 1 aliphatic heterocycles. The molecular formula is C20H15ClN4O. The lowest BCUT2D eigenvalue weighted by atomic mass is 10.0. The number of carbonyl (C=O) groups is 1. The van der Waals surface area contributed by atoms with Crippen molar-refractivity contribution in [2.75, 3.05) is 5.32 Å². The van der Waals surface area contributed by atoms with E-state index in [1.807, 2.05) is 37.3 Å². The van der Waals surface area contributed by atoms with Crippen LogP contribution in [0.25, 0.3) is 11.3 Å². The molecule has 1 aliphatic rings. The van der Waals surface area contributed by atoms with Gasteiger partial charge in [0.15, 0.2) is 0 Å². The predicted octanol–water partition coefficient (Wildman–Crippen LogP) is 4.57. The average molecular weight is 363 g/mol. The third-order valence-electron chi connectivity index (χ3n) is 4.19. The number of anilines is 1. The van der Waals surface area contributed by atoms with Crippen molar-refractivity contribution in [3.05, 3.63) is 71.1 Å². The molecule has 2 aromatic carbocycles. The number of amides is 1. The number of benzene rings is 2. The van der Waals surface area contributed by atoms with Gasteiger partial charge >= 0.3 is 0 Å². The maximum absolute atomic E-state index is 12.3. The number of carbonyl (C=O) groups excluding carboxylic acids is 1. The standard InChI is InChI=1S/C20H15ClN4O/c1-12-7-17-18(9-15(12)21)25-20(26)10-16(24-17)13-3-2-4-14(8-13)19-11-22-5-6-23-19/h2-9,11H,10H2,1H3,(H,25,26). The Morgan fingerprint density at radius 1 is 1.12 bits per heavy atom. The largest absolute Gasteiger partial charge is 0.324 e. The lowest BCUT2D eigenvalue weighted by Crippen LogP contribution is -2.15. The number of nitrogens with one attached hydrogen (secondary N) is 1. The normalized spacial score (nSPS) is 13.5. The zero-order valence-corrected chi connectivity index (χ0v) is 14.8. The van der Waals surface area contributed by atoms with Crippen molar-refractivity contribution in [1.29, 1.82) is 0 Å². The number of fused-ring (bicyclic) bond motifs is 1. The molecule has 4 rings (SSSR count). The first kappa shape index (κ1) is 16.4. The molecule has 26 heavy (non-hydrogen) atoms. The third-order valence-corrected chi connectivity index (χ3v) is 4.60. The summed E-state index contributed by atoms with van der Waals surface area (Å²) in [4.78, 5) is 25.5. The topological polar surface area (TPSA) is 67.2 Å². The molecule has 0 spiro atoms. The Balaban J connectivity index is 1.80. The molecular weight excluding hydrogens is 348 g/mol. The Hall–Kier alpha value is -3.05. The molecule has 6 heteroatoms. The van der Waals surface area contributed by atoms with Crippen LogP contribution >= 0.6 is 11.6 Å². The fourth-order valence-electron chi connectivity index (χ4n) is 2.86. The van der Waals surface area contributed by atoms with Crippen LogP contribution in [0, 0.1) is 6.92 Å². The zero-order chi connectivity index (χ0) is 18.1. The quantitative estimate of drug-likeness (QED) is 0.726. The van der Waals surface area contributed by atoms with Crippen molar-refractivity contribution < 1.29 is 4.79 Å². The van der Waals surface area contributed by atoms with Gasteiger partial charge in [0.05, 0.1) is 35.4 Å². The molecule has 0 bridgehead atoms. The van der Waals surface area contributed by atoms with E-state index in [1.54, 1.807) is 24.7 Å². The molecule has 1 N–H and O–H groups in total. The lowest BCUT2D eigenvalue weighted by Gasteiger charge is -2.07. The molecule has 0 saturated carbocycles. The van der Waals surface area contributed by atoms with Crippen LogP contribution < -0.4 is 5.32 Å². The monoisotopic (exact) mass is 362 g/mol. The van der Waals surface area contributed by atoms with E-state index in [2.05, 4.69) is 15.3 Å². The number of hydrogen-bond donors (Lipinski definition) is 1. The smallest absolute Gasteiger partial charge is 0.230 e. The summed E-state index contributed by atoms with van der Waals surface area (Å²) in [6.45, 7) is 1.92. The van der Waals surface area contributed by atoms with Gasteiger partial charge in [0.2, 0.25) is 5.91 Å². The Kier molecular flexibility index (Phi) is 4.22. The summed E-state index contributed by atoms with van der Waals surface area (Å²) in [5, 5.41) is 3.48. The van der Waals surface area contributed by atoms with Crippen molar-refractivity contribution in [2.45, 2.75) is 13.3 Å². The second-order valence-corrected chi connectivity index (χ2v) is 6.48. The Labute approximate surface area is 155 Å². The lowest BCUT2D eigenvalue weighted by molar-refractivity contribution is -0.115. The Bertz CT molecular complexity index is 1030. The zero-order valence-electron chi connectivity index (χ0n) is 14.0. The fraction of sp³-hybridized carbons (Fsp3) is 0.100. The number of aliphatic imine (C=N–C) groups is 1. The molecule has 0 radical (unpaired) electrons.